The summed E-state index contributed by atoms with van der Waals surface area (Å²) in [5, 5.41) is 5.94. The van der Waals surface area contributed by atoms with Gasteiger partial charge in [-0.05, 0) is 32.3 Å². The summed E-state index contributed by atoms with van der Waals surface area (Å²) in [7, 11) is 1.72. The van der Waals surface area contributed by atoms with Crippen LogP contribution in [0.4, 0.5) is 11.5 Å². The molecule has 2 heterocycles. The van der Waals surface area contributed by atoms with Crippen molar-refractivity contribution < 1.29 is 4.74 Å². The molecule has 0 amide bonds. The molecule has 22 heavy (non-hydrogen) atoms. The highest BCUT2D eigenvalue weighted by molar-refractivity contribution is 6.00. The van der Waals surface area contributed by atoms with Crippen LogP contribution in [0.3, 0.4) is 0 Å². The number of nitrogens with zero attached hydrogens (tertiary/aromatic N) is 2. The quantitative estimate of drug-likeness (QED) is 0.856. The van der Waals surface area contributed by atoms with E-state index in [1.54, 1.807) is 7.11 Å². The molecule has 1 aromatic heterocycles. The molecule has 0 aliphatic carbocycles. The van der Waals surface area contributed by atoms with Crippen molar-refractivity contribution in [3.05, 3.63) is 30.0 Å². The Bertz CT molecular complexity index is 636. The average Bonchev–Trinajstić information content (AvgIpc) is 2.56. The van der Waals surface area contributed by atoms with Gasteiger partial charge in [-0.2, -0.15) is 0 Å². The second kappa shape index (κ2) is 6.97. The smallest absolute Gasteiger partial charge is 0.136 e. The predicted octanol–water partition coefficient (Wildman–Crippen LogP) is 3.59. The lowest BCUT2D eigenvalue weighted by Gasteiger charge is -2.29. The summed E-state index contributed by atoms with van der Waals surface area (Å²) in [4.78, 5) is 7.19. The first-order chi connectivity index (χ1) is 10.8. The molecule has 0 spiro atoms. The number of hydrogen-bond acceptors (Lipinski definition) is 4. The Morgan fingerprint density at radius 1 is 1.18 bits per heavy atom. The van der Waals surface area contributed by atoms with Gasteiger partial charge in [0.2, 0.25) is 0 Å². The van der Waals surface area contributed by atoms with E-state index in [2.05, 4.69) is 35.3 Å². The van der Waals surface area contributed by atoms with Gasteiger partial charge in [0.05, 0.1) is 18.5 Å². The van der Waals surface area contributed by atoms with Crippen molar-refractivity contribution >= 4 is 22.3 Å². The van der Waals surface area contributed by atoms with E-state index in [1.807, 2.05) is 6.20 Å². The molecule has 0 saturated carbocycles. The van der Waals surface area contributed by atoms with Gasteiger partial charge >= 0.3 is 0 Å². The Hall–Kier alpha value is -1.81. The minimum atomic E-state index is 0.696. The molecule has 118 valence electrons. The van der Waals surface area contributed by atoms with E-state index in [4.69, 9.17) is 9.72 Å². The van der Waals surface area contributed by atoms with Gasteiger partial charge in [-0.25, -0.2) is 4.98 Å². The Balaban J connectivity index is 1.98. The van der Waals surface area contributed by atoms with Crippen LogP contribution < -0.4 is 10.2 Å². The highest BCUT2D eigenvalue weighted by Gasteiger charge is 2.16. The maximum absolute atomic E-state index is 5.13. The molecule has 1 aliphatic rings. The molecule has 4 nitrogen and oxygen atoms in total. The zero-order valence-corrected chi connectivity index (χ0v) is 13.6. The highest BCUT2D eigenvalue weighted by Crippen LogP contribution is 2.32. The van der Waals surface area contributed by atoms with Crippen LogP contribution in [0.15, 0.2) is 24.4 Å². The monoisotopic (exact) mass is 299 g/mol. The minimum absolute atomic E-state index is 0.696. The number of hydrogen-bond donors (Lipinski definition) is 1. The summed E-state index contributed by atoms with van der Waals surface area (Å²) in [6.45, 7) is 5.86. The SMILES string of the molecule is COCCNc1cnc(N2CCCCC2)c2ccc(C)cc12. The molecule has 0 unspecified atom stereocenters. The Kier molecular flexibility index (Phi) is 4.78. The Morgan fingerprint density at radius 2 is 2.00 bits per heavy atom. The standard InChI is InChI=1S/C18H25N3O/c1-14-6-7-15-16(12-14)17(19-8-11-22-2)13-20-18(15)21-9-4-3-5-10-21/h6-7,12-13,19H,3-5,8-11H2,1-2H3. The third-order valence-corrected chi connectivity index (χ3v) is 4.30. The normalized spacial score (nSPS) is 15.3. The molecule has 0 bridgehead atoms. The number of pyridine rings is 1. The fraction of sp³-hybridized carbons (Fsp3) is 0.500. The summed E-state index contributed by atoms with van der Waals surface area (Å²) in [5.41, 5.74) is 2.37. The number of methoxy groups -OCH3 is 1. The van der Waals surface area contributed by atoms with Crippen LogP contribution in [0.5, 0.6) is 0 Å². The zero-order chi connectivity index (χ0) is 15.4. The topological polar surface area (TPSA) is 37.4 Å². The predicted molar refractivity (Wildman–Crippen MR) is 92.9 cm³/mol. The van der Waals surface area contributed by atoms with Crippen molar-refractivity contribution in [3.63, 3.8) is 0 Å². The number of aromatic nitrogens is 1. The van der Waals surface area contributed by atoms with Crippen LogP contribution in [-0.2, 0) is 4.74 Å². The number of nitrogens with one attached hydrogen (secondary N) is 1. The molecule has 0 radical (unpaired) electrons. The molecule has 4 heteroatoms. The van der Waals surface area contributed by atoms with E-state index in [0.717, 1.165) is 31.1 Å². The molecule has 1 fully saturated rings. The first kappa shape index (κ1) is 15.1. The lowest BCUT2D eigenvalue weighted by molar-refractivity contribution is 0.211. The lowest BCUT2D eigenvalue weighted by Crippen LogP contribution is -2.30. The third kappa shape index (κ3) is 3.17. The average molecular weight is 299 g/mol. The van der Waals surface area contributed by atoms with Crippen molar-refractivity contribution in [2.45, 2.75) is 26.2 Å². The molecule has 0 atom stereocenters. The van der Waals surface area contributed by atoms with Gasteiger partial charge in [0.25, 0.3) is 0 Å². The van der Waals surface area contributed by atoms with Gasteiger partial charge < -0.3 is 15.0 Å². The van der Waals surface area contributed by atoms with Crippen LogP contribution in [0.2, 0.25) is 0 Å². The van der Waals surface area contributed by atoms with Crippen LogP contribution in [0.1, 0.15) is 24.8 Å². The first-order valence-electron chi connectivity index (χ1n) is 8.17. The van der Waals surface area contributed by atoms with Crippen LogP contribution in [-0.4, -0.2) is 38.3 Å². The fourth-order valence-corrected chi connectivity index (χ4v) is 3.13. The molecule has 1 aromatic carbocycles. The second-order valence-electron chi connectivity index (χ2n) is 6.01. The molecule has 3 rings (SSSR count). The zero-order valence-electron chi connectivity index (χ0n) is 13.6. The minimum Gasteiger partial charge on any atom is -0.383 e. The Labute approximate surface area is 132 Å². The van der Waals surface area contributed by atoms with Crippen molar-refractivity contribution in [3.8, 4) is 0 Å². The largest absolute Gasteiger partial charge is 0.383 e. The van der Waals surface area contributed by atoms with E-state index in [9.17, 15) is 0 Å². The van der Waals surface area contributed by atoms with E-state index in [-0.39, 0.29) is 0 Å². The number of ether oxygens (including phenoxy) is 1. The van der Waals surface area contributed by atoms with Crippen molar-refractivity contribution in [2.24, 2.45) is 0 Å². The van der Waals surface area contributed by atoms with Crippen LogP contribution >= 0.6 is 0 Å². The van der Waals surface area contributed by atoms with Gasteiger partial charge in [-0.1, -0.05) is 17.7 Å². The van der Waals surface area contributed by atoms with Gasteiger partial charge in [0.1, 0.15) is 5.82 Å². The van der Waals surface area contributed by atoms with Gasteiger partial charge in [0, 0.05) is 37.5 Å². The Morgan fingerprint density at radius 3 is 2.77 bits per heavy atom. The molecule has 1 saturated heterocycles. The summed E-state index contributed by atoms with van der Waals surface area (Å²) in [5.74, 6) is 1.13. The summed E-state index contributed by atoms with van der Waals surface area (Å²) in [6, 6.07) is 6.64. The number of anilines is 2. The van der Waals surface area contributed by atoms with E-state index in [0.29, 0.717) is 6.61 Å². The van der Waals surface area contributed by atoms with Gasteiger partial charge in [-0.15, -0.1) is 0 Å². The van der Waals surface area contributed by atoms with Gasteiger partial charge in [-0.3, -0.25) is 0 Å². The first-order valence-corrected chi connectivity index (χ1v) is 8.17. The van der Waals surface area contributed by atoms with Crippen LogP contribution in [0.25, 0.3) is 10.8 Å². The maximum Gasteiger partial charge on any atom is 0.136 e. The summed E-state index contributed by atoms with van der Waals surface area (Å²) >= 11 is 0. The molecule has 1 aliphatic heterocycles. The van der Waals surface area contributed by atoms with Crippen molar-refractivity contribution in [2.75, 3.05) is 43.6 Å². The number of aryl methyl sites for hydroxylation is 1. The number of rotatable bonds is 5. The summed E-state index contributed by atoms with van der Waals surface area (Å²) in [6.07, 6.45) is 5.84. The van der Waals surface area contributed by atoms with Crippen molar-refractivity contribution in [1.82, 2.24) is 4.98 Å². The van der Waals surface area contributed by atoms with E-state index < -0.39 is 0 Å². The lowest BCUT2D eigenvalue weighted by atomic mass is 10.1. The summed E-state index contributed by atoms with van der Waals surface area (Å²) < 4.78 is 5.13. The van der Waals surface area contributed by atoms with Gasteiger partial charge in [0.15, 0.2) is 0 Å². The molecular formula is C18H25N3O. The maximum atomic E-state index is 5.13. The highest BCUT2D eigenvalue weighted by atomic mass is 16.5. The van der Waals surface area contributed by atoms with Crippen LogP contribution in [0, 0.1) is 6.92 Å². The molecular weight excluding hydrogens is 274 g/mol. The van der Waals surface area contributed by atoms with Crippen molar-refractivity contribution in [1.29, 1.82) is 0 Å². The fourth-order valence-electron chi connectivity index (χ4n) is 3.13. The third-order valence-electron chi connectivity index (χ3n) is 4.30. The number of benzene rings is 1. The van der Waals surface area contributed by atoms with E-state index >= 15 is 0 Å². The molecule has 2 aromatic rings. The van der Waals surface area contributed by atoms with E-state index in [1.165, 1.54) is 35.6 Å². The number of piperidine rings is 1. The second-order valence-corrected chi connectivity index (χ2v) is 6.01. The molecule has 1 N–H and O–H groups in total. The number of fused-ring (bicyclic) bond motifs is 1.